The van der Waals surface area contributed by atoms with E-state index in [1.54, 1.807) is 73.3 Å². The summed E-state index contributed by atoms with van der Waals surface area (Å²) in [6.45, 7) is 0. The highest BCUT2D eigenvalue weighted by Crippen LogP contribution is 1.68. The maximum Gasteiger partial charge on any atom is 0.247 e. The lowest BCUT2D eigenvalue weighted by atomic mass is 10.5. The van der Waals surface area contributed by atoms with Gasteiger partial charge in [-0.25, -0.2) is 0 Å². The van der Waals surface area contributed by atoms with Crippen LogP contribution in [0.2, 0.25) is 0 Å². The van der Waals surface area contributed by atoms with E-state index in [1.807, 2.05) is 0 Å². The molecule has 0 aliphatic heterocycles. The molecule has 0 saturated heterocycles. The molecule has 0 fully saturated rings. The molecule has 0 aromatic carbocycles. The van der Waals surface area contributed by atoms with Crippen LogP contribution in [-0.4, -0.2) is 19.9 Å². The summed E-state index contributed by atoms with van der Waals surface area (Å²) >= 11 is 0. The van der Waals surface area contributed by atoms with Gasteiger partial charge in [-0.2, -0.15) is 0 Å². The molecule has 0 spiro atoms. The standard InChI is InChI=1S/4C5H5NO/c4*7-5-3-1-2-4-6-5/h4*1-4H,(H,6,7). The Bertz CT molecular complexity index is 877. The van der Waals surface area contributed by atoms with Gasteiger partial charge in [-0.15, -0.1) is 0 Å². The molecule has 0 bridgehead atoms. The van der Waals surface area contributed by atoms with Crippen LogP contribution >= 0.6 is 0 Å². The summed E-state index contributed by atoms with van der Waals surface area (Å²) < 4.78 is 0. The van der Waals surface area contributed by atoms with Gasteiger partial charge in [0.05, 0.1) is 0 Å². The predicted octanol–water partition coefficient (Wildman–Crippen LogP) is 1.50. The van der Waals surface area contributed by atoms with Crippen molar-refractivity contribution >= 4 is 0 Å². The van der Waals surface area contributed by atoms with Gasteiger partial charge in [-0.3, -0.25) is 19.2 Å². The SMILES string of the molecule is O=c1cccc[nH]1.O=c1cccc[nH]1.O=c1cccc[nH]1.O=c1cccc[nH]1. The Balaban J connectivity index is 0.000000187. The van der Waals surface area contributed by atoms with E-state index < -0.39 is 0 Å². The van der Waals surface area contributed by atoms with Crippen molar-refractivity contribution in [2.75, 3.05) is 0 Å². The highest BCUT2D eigenvalue weighted by molar-refractivity contribution is 4.91. The second-order valence-electron chi connectivity index (χ2n) is 4.91. The molecule has 0 amide bonds. The van der Waals surface area contributed by atoms with E-state index in [1.165, 1.54) is 24.3 Å². The summed E-state index contributed by atoms with van der Waals surface area (Å²) in [6.07, 6.45) is 6.40. The van der Waals surface area contributed by atoms with Crippen molar-refractivity contribution in [2.45, 2.75) is 0 Å². The third kappa shape index (κ3) is 12.2. The summed E-state index contributed by atoms with van der Waals surface area (Å²) in [7, 11) is 0. The zero-order valence-corrected chi connectivity index (χ0v) is 14.9. The van der Waals surface area contributed by atoms with Crippen LogP contribution in [0.5, 0.6) is 0 Å². The van der Waals surface area contributed by atoms with Gasteiger partial charge in [0.25, 0.3) is 0 Å². The average Bonchev–Trinajstić information content (AvgIpc) is 2.72. The lowest BCUT2D eigenvalue weighted by Gasteiger charge is -1.73. The number of hydrogen-bond acceptors (Lipinski definition) is 4. The summed E-state index contributed by atoms with van der Waals surface area (Å²) in [5.41, 5.74) is -0.213. The fraction of sp³-hybridized carbons (Fsp3) is 0. The van der Waals surface area contributed by atoms with Crippen molar-refractivity contribution in [1.29, 1.82) is 0 Å². The Morgan fingerprint density at radius 1 is 0.357 bits per heavy atom. The molecular weight excluding hydrogens is 360 g/mol. The minimum absolute atomic E-state index is 0.0532. The van der Waals surface area contributed by atoms with Gasteiger partial charge in [0.2, 0.25) is 22.2 Å². The minimum Gasteiger partial charge on any atom is -0.329 e. The fourth-order valence-electron chi connectivity index (χ4n) is 1.51. The molecule has 0 radical (unpaired) electrons. The van der Waals surface area contributed by atoms with Crippen molar-refractivity contribution in [3.05, 3.63) is 139 Å². The molecule has 0 unspecified atom stereocenters. The van der Waals surface area contributed by atoms with E-state index in [0.29, 0.717) is 0 Å². The maximum atomic E-state index is 10.2. The zero-order valence-electron chi connectivity index (χ0n) is 14.9. The number of rotatable bonds is 0. The van der Waals surface area contributed by atoms with Crippen LogP contribution in [0.4, 0.5) is 0 Å². The maximum absolute atomic E-state index is 10.2. The van der Waals surface area contributed by atoms with Gasteiger partial charge >= 0.3 is 0 Å². The van der Waals surface area contributed by atoms with Crippen LogP contribution in [0, 0.1) is 0 Å². The van der Waals surface area contributed by atoms with Crippen LogP contribution in [-0.2, 0) is 0 Å². The summed E-state index contributed by atoms with van der Waals surface area (Å²) in [4.78, 5) is 50.8. The predicted molar refractivity (Wildman–Crippen MR) is 108 cm³/mol. The van der Waals surface area contributed by atoms with E-state index in [2.05, 4.69) is 19.9 Å². The first kappa shape index (κ1) is 21.8. The highest BCUT2D eigenvalue weighted by Gasteiger charge is 1.71. The monoisotopic (exact) mass is 380 g/mol. The number of pyridine rings is 4. The van der Waals surface area contributed by atoms with Crippen LogP contribution in [0.25, 0.3) is 0 Å². The molecule has 28 heavy (non-hydrogen) atoms. The molecule has 0 atom stereocenters. The van der Waals surface area contributed by atoms with E-state index in [0.717, 1.165) is 0 Å². The molecule has 8 heteroatoms. The first-order valence-electron chi connectivity index (χ1n) is 8.13. The van der Waals surface area contributed by atoms with E-state index in [-0.39, 0.29) is 22.2 Å². The van der Waals surface area contributed by atoms with E-state index in [9.17, 15) is 19.2 Å². The number of nitrogens with one attached hydrogen (secondary N) is 4. The normalized spacial score (nSPS) is 8.57. The van der Waals surface area contributed by atoms with Gasteiger partial charge < -0.3 is 19.9 Å². The zero-order chi connectivity index (χ0) is 20.5. The van der Waals surface area contributed by atoms with E-state index in [4.69, 9.17) is 0 Å². The Morgan fingerprint density at radius 3 is 0.643 bits per heavy atom. The molecule has 4 heterocycles. The first-order chi connectivity index (χ1) is 13.6. The van der Waals surface area contributed by atoms with Gasteiger partial charge in [0.1, 0.15) is 0 Å². The third-order valence-corrected chi connectivity index (χ3v) is 2.72. The van der Waals surface area contributed by atoms with Crippen LogP contribution in [0.1, 0.15) is 0 Å². The van der Waals surface area contributed by atoms with Gasteiger partial charge in [-0.1, -0.05) is 24.3 Å². The number of aromatic nitrogens is 4. The number of aromatic amines is 4. The van der Waals surface area contributed by atoms with Crippen LogP contribution < -0.4 is 22.2 Å². The molecular formula is C20H20N4O4. The topological polar surface area (TPSA) is 131 Å². The van der Waals surface area contributed by atoms with Gasteiger partial charge in [-0.05, 0) is 24.3 Å². The average molecular weight is 380 g/mol. The van der Waals surface area contributed by atoms with Crippen LogP contribution in [0.3, 0.4) is 0 Å². The molecule has 4 rings (SSSR count). The smallest absolute Gasteiger partial charge is 0.247 e. The van der Waals surface area contributed by atoms with Crippen molar-refractivity contribution in [3.63, 3.8) is 0 Å². The summed E-state index contributed by atoms with van der Waals surface area (Å²) in [5, 5.41) is 0. The van der Waals surface area contributed by atoms with Crippen molar-refractivity contribution in [1.82, 2.24) is 19.9 Å². The summed E-state index contributed by atoms with van der Waals surface area (Å²) in [5.74, 6) is 0. The Kier molecular flexibility index (Phi) is 10.9. The lowest BCUT2D eigenvalue weighted by Crippen LogP contribution is -1.98. The largest absolute Gasteiger partial charge is 0.329 e. The Morgan fingerprint density at radius 2 is 0.571 bits per heavy atom. The second kappa shape index (κ2) is 14.0. The fourth-order valence-corrected chi connectivity index (χ4v) is 1.51. The second-order valence-corrected chi connectivity index (χ2v) is 4.91. The molecule has 4 aromatic heterocycles. The minimum atomic E-state index is -0.0532. The lowest BCUT2D eigenvalue weighted by molar-refractivity contribution is 1.24. The summed E-state index contributed by atoms with van der Waals surface area (Å²) in [6, 6.07) is 19.7. The Labute approximate surface area is 159 Å². The van der Waals surface area contributed by atoms with Crippen molar-refractivity contribution < 1.29 is 0 Å². The van der Waals surface area contributed by atoms with E-state index >= 15 is 0 Å². The number of H-pyrrole nitrogens is 4. The molecule has 0 saturated carbocycles. The molecule has 0 aliphatic rings. The van der Waals surface area contributed by atoms with Gasteiger partial charge in [0, 0.05) is 49.1 Å². The molecule has 0 aliphatic carbocycles. The van der Waals surface area contributed by atoms with Crippen LogP contribution in [0.15, 0.2) is 117 Å². The molecule has 4 aromatic rings. The molecule has 4 N–H and O–H groups in total. The number of hydrogen-bond donors (Lipinski definition) is 4. The molecule has 144 valence electrons. The van der Waals surface area contributed by atoms with Crippen molar-refractivity contribution in [3.8, 4) is 0 Å². The van der Waals surface area contributed by atoms with Crippen molar-refractivity contribution in [2.24, 2.45) is 0 Å². The first-order valence-corrected chi connectivity index (χ1v) is 8.13. The highest BCUT2D eigenvalue weighted by atomic mass is 16.1. The quantitative estimate of drug-likeness (QED) is 0.368. The Hall–Kier alpha value is -4.20. The molecule has 8 nitrogen and oxygen atoms in total. The van der Waals surface area contributed by atoms with Gasteiger partial charge in [0.15, 0.2) is 0 Å². The third-order valence-electron chi connectivity index (χ3n) is 2.72.